The molecule has 2 aliphatic rings. The molecule has 0 radical (unpaired) electrons. The monoisotopic (exact) mass is 1330 g/mol. The highest BCUT2D eigenvalue weighted by Crippen LogP contribution is 2.55. The number of methoxy groups -OCH3 is 2. The van der Waals surface area contributed by atoms with Crippen molar-refractivity contribution in [3.63, 3.8) is 0 Å². The van der Waals surface area contributed by atoms with Gasteiger partial charge in [0.15, 0.2) is 0 Å². The van der Waals surface area contributed by atoms with Crippen molar-refractivity contribution in [2.75, 3.05) is 14.2 Å². The zero-order valence-electron chi connectivity index (χ0n) is 55.5. The van der Waals surface area contributed by atoms with Crippen LogP contribution in [0.2, 0.25) is 0 Å². The number of fused-ring (bicyclic) bond motifs is 12. The second-order valence-corrected chi connectivity index (χ2v) is 25.2. The molecule has 2 heterocycles. The molecule has 102 heavy (non-hydrogen) atoms. The summed E-state index contributed by atoms with van der Waals surface area (Å²) in [7, 11) is 3.32. The minimum absolute atomic E-state index is 0.0994. The van der Waals surface area contributed by atoms with Crippen molar-refractivity contribution in [3.8, 4) is 114 Å². The fourth-order valence-electron chi connectivity index (χ4n) is 14.1. The maximum atomic E-state index is 9.70. The molecule has 0 atom stereocenters. The topological polar surface area (TPSA) is 114 Å². The van der Waals surface area contributed by atoms with Crippen molar-refractivity contribution >= 4 is 43.1 Å². The number of aromatic hydroxyl groups is 2. The van der Waals surface area contributed by atoms with Crippen molar-refractivity contribution in [2.45, 2.75) is 11.8 Å². The van der Waals surface area contributed by atoms with Gasteiger partial charge in [-0.2, -0.15) is 0 Å². The Morgan fingerprint density at radius 1 is 0.235 bits per heavy atom. The molecule has 10 heteroatoms. The van der Waals surface area contributed by atoms with Crippen LogP contribution in [-0.4, -0.2) is 24.4 Å². The maximum absolute atomic E-state index is 9.70. The van der Waals surface area contributed by atoms with Gasteiger partial charge in [-0.25, -0.2) is 0 Å². The maximum Gasteiger partial charge on any atom is 0.132 e. The van der Waals surface area contributed by atoms with Crippen molar-refractivity contribution in [1.29, 1.82) is 0 Å². The Morgan fingerprint density at radius 2 is 0.480 bits per heavy atom. The van der Waals surface area contributed by atoms with E-state index in [4.69, 9.17) is 37.9 Å². The highest BCUT2D eigenvalue weighted by atomic mass is 16.5. The lowest BCUT2D eigenvalue weighted by Gasteiger charge is -2.31. The van der Waals surface area contributed by atoms with E-state index in [-0.39, 0.29) is 23.3 Å². The van der Waals surface area contributed by atoms with Crippen LogP contribution in [0.25, 0.3) is 65.3 Å². The van der Waals surface area contributed by atoms with E-state index in [9.17, 15) is 10.2 Å². The van der Waals surface area contributed by atoms with Gasteiger partial charge < -0.3 is 48.1 Å². The minimum atomic E-state index is -0.126. The molecular formula is C92H64O10. The van der Waals surface area contributed by atoms with E-state index in [2.05, 4.69) is 182 Å². The van der Waals surface area contributed by atoms with Crippen molar-refractivity contribution in [2.24, 2.45) is 0 Å². The van der Waals surface area contributed by atoms with Gasteiger partial charge in [0.1, 0.15) is 92.0 Å². The molecule has 0 bridgehead atoms. The summed E-state index contributed by atoms with van der Waals surface area (Å²) in [6.07, 6.45) is 0. The molecule has 0 saturated carbocycles. The summed E-state index contributed by atoms with van der Waals surface area (Å²) in [5.74, 6) is 10.8. The molecule has 16 aromatic rings. The zero-order valence-corrected chi connectivity index (χ0v) is 55.5. The number of benzene rings is 16. The molecule has 18 rings (SSSR count). The predicted octanol–water partition coefficient (Wildman–Crippen LogP) is 24.5. The summed E-state index contributed by atoms with van der Waals surface area (Å²) in [5.41, 5.74) is 11.5. The second kappa shape index (κ2) is 26.8. The van der Waals surface area contributed by atoms with E-state index in [1.807, 2.05) is 97.1 Å². The number of phenolic OH excluding ortho intramolecular Hbond substituents is 2. The van der Waals surface area contributed by atoms with Gasteiger partial charge in [-0.3, -0.25) is 0 Å². The summed E-state index contributed by atoms with van der Waals surface area (Å²) in [5, 5.41) is 28.0. The van der Waals surface area contributed by atoms with Gasteiger partial charge in [-0.1, -0.05) is 158 Å². The number of ether oxygens (including phenoxy) is 8. The molecule has 0 saturated heterocycles. The quantitative estimate of drug-likeness (QED) is 0.109. The Bertz CT molecular complexity index is 5490. The molecule has 10 nitrogen and oxygen atoms in total. The van der Waals surface area contributed by atoms with Crippen LogP contribution in [0.1, 0.15) is 45.2 Å². The van der Waals surface area contributed by atoms with Crippen molar-refractivity contribution in [1.82, 2.24) is 0 Å². The Balaban J connectivity index is 0.000000152. The predicted molar refractivity (Wildman–Crippen MR) is 404 cm³/mol. The first-order valence-corrected chi connectivity index (χ1v) is 33.7. The largest absolute Gasteiger partial charge is 0.508 e. The Kier molecular flexibility index (Phi) is 16.3. The van der Waals surface area contributed by atoms with E-state index < -0.39 is 0 Å². The van der Waals surface area contributed by atoms with E-state index in [1.165, 1.54) is 22.3 Å². The average Bonchev–Trinajstić information content (AvgIpc) is 0.730. The third-order valence-corrected chi connectivity index (χ3v) is 19.0. The van der Waals surface area contributed by atoms with Crippen LogP contribution in [0.15, 0.2) is 328 Å². The molecule has 0 amide bonds. The van der Waals surface area contributed by atoms with Crippen molar-refractivity contribution in [3.05, 3.63) is 361 Å². The molecule has 2 N–H and O–H groups in total. The molecule has 492 valence electrons. The Hall–Kier alpha value is -13.4. The van der Waals surface area contributed by atoms with E-state index >= 15 is 0 Å². The number of phenols is 2. The van der Waals surface area contributed by atoms with Gasteiger partial charge in [-0.15, -0.1) is 0 Å². The lowest BCUT2D eigenvalue weighted by molar-refractivity contribution is 0.413. The van der Waals surface area contributed by atoms with Crippen LogP contribution < -0.4 is 37.9 Å². The van der Waals surface area contributed by atoms with Gasteiger partial charge in [0, 0.05) is 34.1 Å². The van der Waals surface area contributed by atoms with Gasteiger partial charge in [0.2, 0.25) is 0 Å². The number of hydrogen-bond acceptors (Lipinski definition) is 10. The van der Waals surface area contributed by atoms with Crippen LogP contribution in [0.5, 0.6) is 92.0 Å². The zero-order chi connectivity index (χ0) is 68.6. The lowest BCUT2D eigenvalue weighted by Crippen LogP contribution is -2.13. The smallest absolute Gasteiger partial charge is 0.132 e. The summed E-state index contributed by atoms with van der Waals surface area (Å²) in [4.78, 5) is 0. The number of hydrogen-bond donors (Lipinski definition) is 2. The van der Waals surface area contributed by atoms with Crippen molar-refractivity contribution < 1.29 is 48.1 Å². The van der Waals surface area contributed by atoms with E-state index in [0.717, 1.165) is 134 Å². The number of rotatable bonds is 14. The first-order valence-electron chi connectivity index (χ1n) is 33.7. The van der Waals surface area contributed by atoms with Crippen LogP contribution in [0.4, 0.5) is 0 Å². The summed E-state index contributed by atoms with van der Waals surface area (Å²) >= 11 is 0. The van der Waals surface area contributed by atoms with Gasteiger partial charge in [0.25, 0.3) is 0 Å². The Morgan fingerprint density at radius 3 is 0.755 bits per heavy atom. The summed E-state index contributed by atoms with van der Waals surface area (Å²) in [6.45, 7) is 0. The van der Waals surface area contributed by atoms with Gasteiger partial charge in [0.05, 0.1) is 14.2 Å². The fourth-order valence-corrected chi connectivity index (χ4v) is 14.1. The first-order chi connectivity index (χ1) is 50.2. The molecule has 0 spiro atoms. The minimum Gasteiger partial charge on any atom is -0.508 e. The highest BCUT2D eigenvalue weighted by Gasteiger charge is 2.35. The molecule has 0 aliphatic carbocycles. The van der Waals surface area contributed by atoms with E-state index in [1.54, 1.807) is 62.8 Å². The summed E-state index contributed by atoms with van der Waals surface area (Å²) in [6, 6.07) is 109. The third-order valence-electron chi connectivity index (χ3n) is 19.0. The van der Waals surface area contributed by atoms with E-state index in [0.29, 0.717) is 23.0 Å². The molecule has 0 aromatic heterocycles. The molecule has 2 aliphatic heterocycles. The Labute approximate surface area is 589 Å². The lowest BCUT2D eigenvalue weighted by atomic mass is 9.78. The molecule has 0 fully saturated rings. The molecular weight excluding hydrogens is 1270 g/mol. The van der Waals surface area contributed by atoms with Gasteiger partial charge in [-0.05, 0) is 246 Å². The van der Waals surface area contributed by atoms with Gasteiger partial charge >= 0.3 is 0 Å². The molecule has 0 unspecified atom stereocenters. The van der Waals surface area contributed by atoms with Crippen LogP contribution >= 0.6 is 0 Å². The molecule has 16 aromatic carbocycles. The van der Waals surface area contributed by atoms with Crippen LogP contribution in [-0.2, 0) is 0 Å². The third kappa shape index (κ3) is 12.3. The van der Waals surface area contributed by atoms with Crippen LogP contribution in [0.3, 0.4) is 0 Å². The standard InChI is InChI=1S/C47H34O5.C45H30O5/c1-48-35-14-18-37(19-15-35)50-39-22-24-41-33(28-39)12-26-43-46(41)45(32-10-8-31(9-11-32)30-6-4-3-5-7-30)47-42-25-23-40(29-34(42)13-27-44(47)52-43)51-38-20-16-36(49-2)17-21-38;46-33-12-16-35(17-13-33)48-37-20-22-39-31(26-37)10-24-41-44(39)43(30-8-6-29(7-9-30)28-4-2-1-3-5-28)45-40-23-21-38(27-32(40)11-25-42(45)50-41)49-36-18-14-34(47)15-19-36/h3-29,45H,1-2H3;1-27,43,46-47H. The SMILES string of the molecule is COc1ccc(Oc2ccc3c4c(ccc3c2)Oc2ccc3cc(Oc5ccc(OC)cc5)ccc3c2C4c2ccc(-c3ccccc3)cc2)cc1.Oc1ccc(Oc2ccc3c4c(ccc3c2)Oc2ccc3cc(Oc5ccc(O)cc5)ccc3c2C4c2ccc(-c3ccccc3)cc2)cc1. The second-order valence-electron chi connectivity index (χ2n) is 25.2. The highest BCUT2D eigenvalue weighted by molar-refractivity contribution is 5.98. The van der Waals surface area contributed by atoms with Crippen LogP contribution in [0, 0.1) is 0 Å². The first kappa shape index (κ1) is 62.1. The fraction of sp³-hybridized carbons (Fsp3) is 0.0435. The average molecular weight is 1330 g/mol. The summed E-state index contributed by atoms with van der Waals surface area (Å²) < 4.78 is 48.9. The normalized spacial score (nSPS) is 12.2.